The number of benzene rings is 1. The Morgan fingerprint density at radius 3 is 2.35 bits per heavy atom. The molecule has 0 aliphatic carbocycles. The van der Waals surface area contributed by atoms with Gasteiger partial charge in [0.15, 0.2) is 0 Å². The molecule has 112 valence electrons. The summed E-state index contributed by atoms with van der Waals surface area (Å²) in [7, 11) is -3.47. The van der Waals surface area contributed by atoms with Crippen molar-refractivity contribution in [3.05, 3.63) is 24.3 Å². The van der Waals surface area contributed by atoms with Gasteiger partial charge < -0.3 is 5.32 Å². The first-order valence-corrected chi connectivity index (χ1v) is 8.91. The summed E-state index contributed by atoms with van der Waals surface area (Å²) in [6.45, 7) is 4.14. The molecule has 0 aromatic heterocycles. The SMILES string of the molecule is CCN(CCCBr)S(=O)(=O)c1ccc(NC(C)=O)cc1. The van der Waals surface area contributed by atoms with Crippen molar-refractivity contribution in [2.24, 2.45) is 0 Å². The lowest BCUT2D eigenvalue weighted by molar-refractivity contribution is -0.114. The molecule has 1 aromatic carbocycles. The molecule has 1 amide bonds. The second-order valence-corrected chi connectivity index (χ2v) is 6.98. The molecule has 0 aliphatic heterocycles. The second-order valence-electron chi connectivity index (χ2n) is 4.24. The molecule has 0 bridgehead atoms. The lowest BCUT2D eigenvalue weighted by atomic mass is 10.3. The van der Waals surface area contributed by atoms with Gasteiger partial charge in [-0.3, -0.25) is 4.79 Å². The average molecular weight is 363 g/mol. The molecule has 0 heterocycles. The first-order valence-electron chi connectivity index (χ1n) is 6.35. The summed E-state index contributed by atoms with van der Waals surface area (Å²) < 4.78 is 26.3. The fourth-order valence-corrected chi connectivity index (χ4v) is 3.49. The molecule has 0 unspecified atom stereocenters. The number of hydrogen-bond acceptors (Lipinski definition) is 3. The Morgan fingerprint density at radius 1 is 1.30 bits per heavy atom. The van der Waals surface area contributed by atoms with Crippen molar-refractivity contribution in [3.63, 3.8) is 0 Å². The van der Waals surface area contributed by atoms with Crippen molar-refractivity contribution in [1.29, 1.82) is 0 Å². The van der Waals surface area contributed by atoms with Gasteiger partial charge in [0.2, 0.25) is 15.9 Å². The Kier molecular flexibility index (Phi) is 6.64. The van der Waals surface area contributed by atoms with E-state index < -0.39 is 10.0 Å². The smallest absolute Gasteiger partial charge is 0.243 e. The maximum atomic E-state index is 12.4. The van der Waals surface area contributed by atoms with Gasteiger partial charge in [0.1, 0.15) is 0 Å². The third kappa shape index (κ3) is 4.57. The van der Waals surface area contributed by atoms with Crippen LogP contribution in [0.5, 0.6) is 0 Å². The van der Waals surface area contributed by atoms with Crippen molar-refractivity contribution < 1.29 is 13.2 Å². The maximum Gasteiger partial charge on any atom is 0.243 e. The van der Waals surface area contributed by atoms with Gasteiger partial charge in [-0.2, -0.15) is 4.31 Å². The molecule has 0 atom stereocenters. The van der Waals surface area contributed by atoms with Crippen LogP contribution in [-0.4, -0.2) is 37.0 Å². The standard InChI is InChI=1S/C13H19BrN2O3S/c1-3-16(10-4-9-14)20(18,19)13-7-5-12(6-8-13)15-11(2)17/h5-8H,3-4,9-10H2,1-2H3,(H,15,17). The molecule has 0 saturated carbocycles. The number of carbonyl (C=O) groups excluding carboxylic acids is 1. The van der Waals surface area contributed by atoms with E-state index in [0.29, 0.717) is 18.8 Å². The highest BCUT2D eigenvalue weighted by Crippen LogP contribution is 2.18. The van der Waals surface area contributed by atoms with E-state index in [-0.39, 0.29) is 10.8 Å². The van der Waals surface area contributed by atoms with E-state index in [0.717, 1.165) is 11.8 Å². The van der Waals surface area contributed by atoms with Crippen LogP contribution in [0, 0.1) is 0 Å². The number of nitrogens with zero attached hydrogens (tertiary/aromatic N) is 1. The number of halogens is 1. The van der Waals surface area contributed by atoms with Gasteiger partial charge in [-0.25, -0.2) is 8.42 Å². The minimum atomic E-state index is -3.47. The molecule has 0 fully saturated rings. The Bertz CT molecular complexity index is 543. The highest BCUT2D eigenvalue weighted by molar-refractivity contribution is 9.09. The van der Waals surface area contributed by atoms with E-state index in [1.54, 1.807) is 12.1 Å². The summed E-state index contributed by atoms with van der Waals surface area (Å²) in [6, 6.07) is 6.20. The summed E-state index contributed by atoms with van der Waals surface area (Å²) in [5.41, 5.74) is 0.583. The summed E-state index contributed by atoms with van der Waals surface area (Å²) in [5.74, 6) is -0.187. The predicted octanol–water partition coefficient (Wildman–Crippen LogP) is 2.44. The fraction of sp³-hybridized carbons (Fsp3) is 0.462. The third-order valence-electron chi connectivity index (χ3n) is 2.71. The zero-order valence-corrected chi connectivity index (χ0v) is 14.0. The monoisotopic (exact) mass is 362 g/mol. The van der Waals surface area contributed by atoms with Crippen molar-refractivity contribution in [3.8, 4) is 0 Å². The van der Waals surface area contributed by atoms with Gasteiger partial charge in [-0.15, -0.1) is 0 Å². The topological polar surface area (TPSA) is 66.5 Å². The fourth-order valence-electron chi connectivity index (χ4n) is 1.75. The minimum absolute atomic E-state index is 0.187. The van der Waals surface area contributed by atoms with Crippen LogP contribution in [0.25, 0.3) is 0 Å². The van der Waals surface area contributed by atoms with E-state index in [1.807, 2.05) is 6.92 Å². The molecule has 1 aromatic rings. The Hall–Kier alpha value is -0.920. The van der Waals surface area contributed by atoms with Crippen LogP contribution < -0.4 is 5.32 Å². The van der Waals surface area contributed by atoms with Crippen LogP contribution in [-0.2, 0) is 14.8 Å². The summed E-state index contributed by atoms with van der Waals surface area (Å²) in [4.78, 5) is 11.2. The number of anilines is 1. The molecule has 5 nitrogen and oxygen atoms in total. The lowest BCUT2D eigenvalue weighted by Gasteiger charge is -2.20. The zero-order chi connectivity index (χ0) is 15.2. The summed E-state index contributed by atoms with van der Waals surface area (Å²) >= 11 is 3.30. The van der Waals surface area contributed by atoms with E-state index in [4.69, 9.17) is 0 Å². The maximum absolute atomic E-state index is 12.4. The molecule has 1 rings (SSSR count). The molecule has 0 saturated heterocycles. The highest BCUT2D eigenvalue weighted by atomic mass is 79.9. The molecule has 7 heteroatoms. The summed E-state index contributed by atoms with van der Waals surface area (Å²) in [5, 5.41) is 3.37. The van der Waals surface area contributed by atoms with Gasteiger partial charge in [0.25, 0.3) is 0 Å². The van der Waals surface area contributed by atoms with Crippen molar-refractivity contribution in [2.45, 2.75) is 25.2 Å². The molecule has 0 radical (unpaired) electrons. The highest BCUT2D eigenvalue weighted by Gasteiger charge is 2.22. The molecule has 20 heavy (non-hydrogen) atoms. The predicted molar refractivity (Wildman–Crippen MR) is 83.6 cm³/mol. The Morgan fingerprint density at radius 2 is 1.90 bits per heavy atom. The normalized spacial score (nSPS) is 11.6. The molecule has 0 aliphatic rings. The minimum Gasteiger partial charge on any atom is -0.326 e. The van der Waals surface area contributed by atoms with Gasteiger partial charge in [0, 0.05) is 31.0 Å². The van der Waals surface area contributed by atoms with Crippen molar-refractivity contribution >= 4 is 37.5 Å². The van der Waals surface area contributed by atoms with Crippen LogP contribution in [0.1, 0.15) is 20.3 Å². The average Bonchev–Trinajstić information content (AvgIpc) is 2.39. The molecular weight excluding hydrogens is 344 g/mol. The second kappa shape index (κ2) is 7.75. The first kappa shape index (κ1) is 17.1. The number of rotatable bonds is 7. The quantitative estimate of drug-likeness (QED) is 0.757. The summed E-state index contributed by atoms with van der Waals surface area (Å²) in [6.07, 6.45) is 0.761. The van der Waals surface area contributed by atoms with Crippen LogP contribution in [0.3, 0.4) is 0 Å². The number of sulfonamides is 1. The number of hydrogen-bond donors (Lipinski definition) is 1. The van der Waals surface area contributed by atoms with Crippen molar-refractivity contribution in [1.82, 2.24) is 4.31 Å². The van der Waals surface area contributed by atoms with Gasteiger partial charge in [-0.05, 0) is 30.7 Å². The number of nitrogens with one attached hydrogen (secondary N) is 1. The van der Waals surface area contributed by atoms with Crippen LogP contribution in [0.2, 0.25) is 0 Å². The molecule has 0 spiro atoms. The van der Waals surface area contributed by atoms with Gasteiger partial charge in [-0.1, -0.05) is 22.9 Å². The Labute approximate surface area is 128 Å². The van der Waals surface area contributed by atoms with Crippen molar-refractivity contribution in [2.75, 3.05) is 23.7 Å². The number of amides is 1. The Balaban J connectivity index is 2.93. The van der Waals surface area contributed by atoms with Gasteiger partial charge >= 0.3 is 0 Å². The number of carbonyl (C=O) groups is 1. The zero-order valence-electron chi connectivity index (χ0n) is 11.6. The molecular formula is C13H19BrN2O3S. The van der Waals surface area contributed by atoms with E-state index in [2.05, 4.69) is 21.2 Å². The van der Waals surface area contributed by atoms with Gasteiger partial charge in [0.05, 0.1) is 4.90 Å². The molecule has 1 N–H and O–H groups in total. The van der Waals surface area contributed by atoms with E-state index >= 15 is 0 Å². The van der Waals surface area contributed by atoms with Crippen LogP contribution >= 0.6 is 15.9 Å². The van der Waals surface area contributed by atoms with E-state index in [1.165, 1.54) is 23.4 Å². The lowest BCUT2D eigenvalue weighted by Crippen LogP contribution is -2.32. The number of alkyl halides is 1. The third-order valence-corrected chi connectivity index (χ3v) is 5.26. The first-order chi connectivity index (χ1) is 9.41. The van der Waals surface area contributed by atoms with Crippen LogP contribution in [0.4, 0.5) is 5.69 Å². The van der Waals surface area contributed by atoms with Crippen LogP contribution in [0.15, 0.2) is 29.2 Å². The van der Waals surface area contributed by atoms with E-state index in [9.17, 15) is 13.2 Å². The largest absolute Gasteiger partial charge is 0.326 e.